The van der Waals surface area contributed by atoms with Crippen LogP contribution in [0.25, 0.3) is 0 Å². The predicted molar refractivity (Wildman–Crippen MR) is 70.3 cm³/mol. The van der Waals surface area contributed by atoms with E-state index in [9.17, 15) is 4.79 Å². The van der Waals surface area contributed by atoms with Crippen LogP contribution in [0.4, 0.5) is 4.79 Å². The topological polar surface area (TPSA) is 58.8 Å². The highest BCUT2D eigenvalue weighted by Crippen LogP contribution is 2.31. The molecular weight excluding hydrogens is 230 g/mol. The molecule has 0 aromatic carbocycles. The standard InChI is InChI=1S/C13H25N3O2/c1-13(2,3)18-12(17)16-8-10-6-15(5-4-14)7-11(10)9-16/h10-11H,4-9,14H2,1-3H3. The Kier molecular flexibility index (Phi) is 3.82. The lowest BCUT2D eigenvalue weighted by Gasteiger charge is -2.25. The summed E-state index contributed by atoms with van der Waals surface area (Å²) >= 11 is 0. The Bertz CT molecular complexity index is 300. The van der Waals surface area contributed by atoms with Gasteiger partial charge >= 0.3 is 6.09 Å². The van der Waals surface area contributed by atoms with Crippen LogP contribution in [-0.4, -0.2) is 60.8 Å². The predicted octanol–water partition coefficient (Wildman–Crippen LogP) is 0.744. The van der Waals surface area contributed by atoms with Crippen LogP contribution in [0.15, 0.2) is 0 Å². The Labute approximate surface area is 109 Å². The number of rotatable bonds is 2. The van der Waals surface area contributed by atoms with Crippen molar-refractivity contribution in [3.8, 4) is 0 Å². The molecule has 2 aliphatic heterocycles. The van der Waals surface area contributed by atoms with Crippen molar-refractivity contribution in [1.82, 2.24) is 9.80 Å². The fourth-order valence-electron chi connectivity index (χ4n) is 2.93. The first-order chi connectivity index (χ1) is 8.39. The van der Waals surface area contributed by atoms with Crippen molar-refractivity contribution in [1.29, 1.82) is 0 Å². The van der Waals surface area contributed by atoms with Gasteiger partial charge in [0.05, 0.1) is 0 Å². The minimum Gasteiger partial charge on any atom is -0.444 e. The van der Waals surface area contributed by atoms with Crippen molar-refractivity contribution in [2.75, 3.05) is 39.3 Å². The summed E-state index contributed by atoms with van der Waals surface area (Å²) in [6, 6.07) is 0. The van der Waals surface area contributed by atoms with Gasteiger partial charge < -0.3 is 20.3 Å². The van der Waals surface area contributed by atoms with E-state index in [4.69, 9.17) is 10.5 Å². The first-order valence-electron chi connectivity index (χ1n) is 6.79. The molecule has 2 fully saturated rings. The molecule has 104 valence electrons. The molecule has 2 saturated heterocycles. The number of nitrogens with two attached hydrogens (primary N) is 1. The molecule has 0 bridgehead atoms. The van der Waals surface area contributed by atoms with Crippen LogP contribution >= 0.6 is 0 Å². The first-order valence-corrected chi connectivity index (χ1v) is 6.79. The van der Waals surface area contributed by atoms with E-state index in [-0.39, 0.29) is 6.09 Å². The van der Waals surface area contributed by atoms with Gasteiger partial charge in [0, 0.05) is 39.3 Å². The number of carbonyl (C=O) groups is 1. The minimum absolute atomic E-state index is 0.165. The number of likely N-dealkylation sites (tertiary alicyclic amines) is 2. The Morgan fingerprint density at radius 3 is 2.22 bits per heavy atom. The van der Waals surface area contributed by atoms with Crippen molar-refractivity contribution in [3.05, 3.63) is 0 Å². The smallest absolute Gasteiger partial charge is 0.410 e. The van der Waals surface area contributed by atoms with Crippen LogP contribution in [0, 0.1) is 11.8 Å². The van der Waals surface area contributed by atoms with E-state index >= 15 is 0 Å². The molecule has 18 heavy (non-hydrogen) atoms. The van der Waals surface area contributed by atoms with E-state index < -0.39 is 5.60 Å². The zero-order valence-electron chi connectivity index (χ0n) is 11.7. The van der Waals surface area contributed by atoms with Gasteiger partial charge in [0.25, 0.3) is 0 Å². The molecule has 2 atom stereocenters. The molecular formula is C13H25N3O2. The van der Waals surface area contributed by atoms with Crippen molar-refractivity contribution < 1.29 is 9.53 Å². The van der Waals surface area contributed by atoms with E-state index in [0.29, 0.717) is 11.8 Å². The van der Waals surface area contributed by atoms with Crippen LogP contribution in [0.3, 0.4) is 0 Å². The van der Waals surface area contributed by atoms with Crippen LogP contribution < -0.4 is 5.73 Å². The molecule has 0 aromatic heterocycles. The molecule has 5 nitrogen and oxygen atoms in total. The molecule has 2 rings (SSSR count). The second-order valence-electron chi connectivity index (χ2n) is 6.45. The molecule has 0 aromatic rings. The molecule has 0 saturated carbocycles. The quantitative estimate of drug-likeness (QED) is 0.791. The third kappa shape index (κ3) is 3.14. The van der Waals surface area contributed by atoms with E-state index in [1.165, 1.54) is 0 Å². The largest absolute Gasteiger partial charge is 0.444 e. The normalized spacial score (nSPS) is 28.6. The number of amides is 1. The van der Waals surface area contributed by atoms with Gasteiger partial charge in [-0.1, -0.05) is 0 Å². The molecule has 0 spiro atoms. The molecule has 2 heterocycles. The molecule has 0 radical (unpaired) electrons. The summed E-state index contributed by atoms with van der Waals surface area (Å²) in [7, 11) is 0. The Balaban J connectivity index is 1.83. The molecule has 2 aliphatic rings. The summed E-state index contributed by atoms with van der Waals surface area (Å²) in [6.07, 6.45) is -0.165. The maximum atomic E-state index is 12.0. The maximum Gasteiger partial charge on any atom is 0.410 e. The highest BCUT2D eigenvalue weighted by Gasteiger charge is 2.42. The van der Waals surface area contributed by atoms with Crippen LogP contribution in [0.1, 0.15) is 20.8 Å². The average molecular weight is 255 g/mol. The van der Waals surface area contributed by atoms with E-state index in [1.807, 2.05) is 25.7 Å². The lowest BCUT2D eigenvalue weighted by atomic mass is 10.0. The summed E-state index contributed by atoms with van der Waals surface area (Å²) < 4.78 is 5.41. The van der Waals surface area contributed by atoms with E-state index in [2.05, 4.69) is 4.90 Å². The SMILES string of the molecule is CC(C)(C)OC(=O)N1CC2CN(CCN)CC2C1. The van der Waals surface area contributed by atoms with Gasteiger partial charge in [-0.05, 0) is 32.6 Å². The monoisotopic (exact) mass is 255 g/mol. The van der Waals surface area contributed by atoms with Gasteiger partial charge in [-0.2, -0.15) is 0 Å². The second kappa shape index (κ2) is 5.05. The lowest BCUT2D eigenvalue weighted by molar-refractivity contribution is 0.0275. The van der Waals surface area contributed by atoms with Gasteiger partial charge in [-0.3, -0.25) is 0 Å². The average Bonchev–Trinajstić information content (AvgIpc) is 2.72. The zero-order valence-corrected chi connectivity index (χ0v) is 11.7. The molecule has 0 aliphatic carbocycles. The second-order valence-corrected chi connectivity index (χ2v) is 6.45. The highest BCUT2D eigenvalue weighted by atomic mass is 16.6. The number of ether oxygens (including phenoxy) is 1. The number of carbonyl (C=O) groups excluding carboxylic acids is 1. The van der Waals surface area contributed by atoms with Crippen LogP contribution in [0.2, 0.25) is 0 Å². The molecule has 2 N–H and O–H groups in total. The third-order valence-electron chi connectivity index (χ3n) is 3.66. The van der Waals surface area contributed by atoms with Gasteiger partial charge in [-0.25, -0.2) is 4.79 Å². The summed E-state index contributed by atoms with van der Waals surface area (Å²) in [4.78, 5) is 16.2. The van der Waals surface area contributed by atoms with Crippen LogP contribution in [0.5, 0.6) is 0 Å². The van der Waals surface area contributed by atoms with Crippen molar-refractivity contribution in [2.24, 2.45) is 17.6 Å². The van der Waals surface area contributed by atoms with Crippen LogP contribution in [-0.2, 0) is 4.74 Å². The Hall–Kier alpha value is -0.810. The number of fused-ring (bicyclic) bond motifs is 1. The zero-order chi connectivity index (χ0) is 13.3. The fourth-order valence-corrected chi connectivity index (χ4v) is 2.93. The molecule has 5 heteroatoms. The number of hydrogen-bond donors (Lipinski definition) is 1. The summed E-state index contributed by atoms with van der Waals surface area (Å²) in [5.41, 5.74) is 5.18. The van der Waals surface area contributed by atoms with Gasteiger partial charge in [0.1, 0.15) is 5.60 Å². The fraction of sp³-hybridized carbons (Fsp3) is 0.923. The van der Waals surface area contributed by atoms with Gasteiger partial charge in [0.15, 0.2) is 0 Å². The number of hydrogen-bond acceptors (Lipinski definition) is 4. The third-order valence-corrected chi connectivity index (χ3v) is 3.66. The molecule has 1 amide bonds. The van der Waals surface area contributed by atoms with E-state index in [0.717, 1.165) is 39.3 Å². The van der Waals surface area contributed by atoms with Crippen molar-refractivity contribution in [3.63, 3.8) is 0 Å². The van der Waals surface area contributed by atoms with Gasteiger partial charge in [-0.15, -0.1) is 0 Å². The lowest BCUT2D eigenvalue weighted by Crippen LogP contribution is -2.38. The minimum atomic E-state index is -0.402. The first kappa shape index (κ1) is 13.6. The van der Waals surface area contributed by atoms with Crippen molar-refractivity contribution >= 4 is 6.09 Å². The summed E-state index contributed by atoms with van der Waals surface area (Å²) in [5.74, 6) is 1.20. The Morgan fingerprint density at radius 2 is 1.78 bits per heavy atom. The Morgan fingerprint density at radius 1 is 1.22 bits per heavy atom. The summed E-state index contributed by atoms with van der Waals surface area (Å²) in [6.45, 7) is 11.2. The number of nitrogens with zero attached hydrogens (tertiary/aromatic N) is 2. The maximum absolute atomic E-state index is 12.0. The molecule has 2 unspecified atom stereocenters. The van der Waals surface area contributed by atoms with E-state index in [1.54, 1.807) is 0 Å². The summed E-state index contributed by atoms with van der Waals surface area (Å²) in [5, 5.41) is 0. The van der Waals surface area contributed by atoms with Crippen molar-refractivity contribution in [2.45, 2.75) is 26.4 Å². The highest BCUT2D eigenvalue weighted by molar-refractivity contribution is 5.68. The van der Waals surface area contributed by atoms with Gasteiger partial charge in [0.2, 0.25) is 0 Å².